The van der Waals surface area contributed by atoms with E-state index in [9.17, 15) is 4.79 Å². The van der Waals surface area contributed by atoms with Crippen LogP contribution in [0.2, 0.25) is 0 Å². The zero-order chi connectivity index (χ0) is 11.8. The molecule has 0 heterocycles. The molecule has 0 aliphatic carbocycles. The molecule has 0 unspecified atom stereocenters. The number of ketones is 1. The molecule has 0 bridgehead atoms. The molecule has 0 N–H and O–H groups in total. The normalized spacial score (nSPS) is 10.4. The Labute approximate surface area is 97.6 Å². The summed E-state index contributed by atoms with van der Waals surface area (Å²) < 4.78 is 5.31. The van der Waals surface area contributed by atoms with Gasteiger partial charge in [0.1, 0.15) is 0 Å². The molecule has 0 radical (unpaired) electrons. The fourth-order valence-corrected chi connectivity index (χ4v) is 1.52. The molecule has 0 saturated carbocycles. The minimum Gasteiger partial charge on any atom is -0.381 e. The lowest BCUT2D eigenvalue weighted by Crippen LogP contribution is -2.05. The van der Waals surface area contributed by atoms with E-state index >= 15 is 0 Å². The van der Waals surface area contributed by atoms with Gasteiger partial charge >= 0.3 is 0 Å². The second kappa shape index (κ2) is 7.18. The van der Waals surface area contributed by atoms with E-state index in [0.29, 0.717) is 13.0 Å². The lowest BCUT2D eigenvalue weighted by molar-refractivity contribution is 0.0878. The number of hydrogen-bond donors (Lipinski definition) is 0. The van der Waals surface area contributed by atoms with Gasteiger partial charge in [-0.1, -0.05) is 32.0 Å². The number of hydrogen-bond acceptors (Lipinski definition) is 2. The van der Waals surface area contributed by atoms with Crippen molar-refractivity contribution in [2.45, 2.75) is 33.1 Å². The number of rotatable bonds is 7. The zero-order valence-electron chi connectivity index (χ0n) is 10.2. The number of Topliss-reactive ketones (excluding diaryl/α,β-unsaturated/α-hetero) is 1. The van der Waals surface area contributed by atoms with Gasteiger partial charge in [0.25, 0.3) is 0 Å². The second-order valence-electron chi connectivity index (χ2n) is 3.84. The first kappa shape index (κ1) is 12.9. The molecule has 1 rings (SSSR count). The molecular weight excluding hydrogens is 200 g/mol. The highest BCUT2D eigenvalue weighted by Crippen LogP contribution is 2.08. The van der Waals surface area contributed by atoms with Crippen LogP contribution in [0.15, 0.2) is 24.3 Å². The van der Waals surface area contributed by atoms with Crippen molar-refractivity contribution in [2.24, 2.45) is 0 Å². The lowest BCUT2D eigenvalue weighted by atomic mass is 10.0. The van der Waals surface area contributed by atoms with E-state index in [4.69, 9.17) is 4.74 Å². The second-order valence-corrected chi connectivity index (χ2v) is 3.84. The van der Waals surface area contributed by atoms with Crippen LogP contribution in [0.3, 0.4) is 0 Å². The Kier molecular flexibility index (Phi) is 5.79. The molecule has 0 spiro atoms. The van der Waals surface area contributed by atoms with E-state index in [1.165, 1.54) is 5.56 Å². The Hall–Kier alpha value is -1.15. The largest absolute Gasteiger partial charge is 0.381 e. The monoisotopic (exact) mass is 220 g/mol. The minimum atomic E-state index is 0.173. The molecule has 2 heteroatoms. The molecule has 0 atom stereocenters. The van der Waals surface area contributed by atoms with Crippen molar-refractivity contribution in [3.05, 3.63) is 35.4 Å². The smallest absolute Gasteiger partial charge is 0.165 e. The molecule has 88 valence electrons. The van der Waals surface area contributed by atoms with Gasteiger partial charge in [0.2, 0.25) is 0 Å². The Morgan fingerprint density at radius 3 is 2.75 bits per heavy atom. The van der Waals surface area contributed by atoms with Crippen LogP contribution < -0.4 is 0 Å². The number of aryl methyl sites for hydroxylation is 1. The van der Waals surface area contributed by atoms with Crippen molar-refractivity contribution >= 4 is 5.78 Å². The highest BCUT2D eigenvalue weighted by Gasteiger charge is 2.05. The maximum Gasteiger partial charge on any atom is 0.165 e. The summed E-state index contributed by atoms with van der Waals surface area (Å²) in [6.45, 7) is 5.42. The fourth-order valence-electron chi connectivity index (χ4n) is 1.52. The Bertz CT molecular complexity index is 331. The molecule has 0 aliphatic heterocycles. The summed E-state index contributed by atoms with van der Waals surface area (Å²) in [6, 6.07) is 7.84. The van der Waals surface area contributed by atoms with Gasteiger partial charge in [-0.05, 0) is 24.5 Å². The molecule has 0 amide bonds. The summed E-state index contributed by atoms with van der Waals surface area (Å²) in [5, 5.41) is 0. The first-order valence-electron chi connectivity index (χ1n) is 5.97. The van der Waals surface area contributed by atoms with Gasteiger partial charge in [-0.25, -0.2) is 0 Å². The molecule has 2 nitrogen and oxygen atoms in total. The maximum absolute atomic E-state index is 11.8. The average molecular weight is 220 g/mol. The van der Waals surface area contributed by atoms with Gasteiger partial charge in [0.05, 0.1) is 6.61 Å². The summed E-state index contributed by atoms with van der Waals surface area (Å²) in [5.74, 6) is 0.173. The topological polar surface area (TPSA) is 26.3 Å². The number of carbonyl (C=O) groups is 1. The van der Waals surface area contributed by atoms with Crippen molar-refractivity contribution in [1.82, 2.24) is 0 Å². The van der Waals surface area contributed by atoms with E-state index in [-0.39, 0.29) is 5.78 Å². The van der Waals surface area contributed by atoms with E-state index < -0.39 is 0 Å². The van der Waals surface area contributed by atoms with Gasteiger partial charge in [0.15, 0.2) is 5.78 Å². The van der Waals surface area contributed by atoms with E-state index in [1.807, 2.05) is 24.3 Å². The Balaban J connectivity index is 2.46. The molecule has 0 saturated heterocycles. The lowest BCUT2D eigenvalue weighted by Gasteiger charge is -2.04. The van der Waals surface area contributed by atoms with Crippen LogP contribution in [0.4, 0.5) is 0 Å². The standard InChI is InChI=1S/C14H20O2/c1-3-9-16-10-8-14(15)13-7-5-6-12(4-2)11-13/h5-7,11H,3-4,8-10H2,1-2H3. The zero-order valence-corrected chi connectivity index (χ0v) is 10.2. The molecule has 1 aromatic rings. The van der Waals surface area contributed by atoms with E-state index in [0.717, 1.165) is 25.0 Å². The first-order valence-corrected chi connectivity index (χ1v) is 5.97. The predicted molar refractivity (Wildman–Crippen MR) is 65.9 cm³/mol. The minimum absolute atomic E-state index is 0.173. The van der Waals surface area contributed by atoms with Gasteiger partial charge in [0, 0.05) is 18.6 Å². The van der Waals surface area contributed by atoms with Crippen LogP contribution in [-0.4, -0.2) is 19.0 Å². The fraction of sp³-hybridized carbons (Fsp3) is 0.500. The van der Waals surface area contributed by atoms with Crippen molar-refractivity contribution in [3.63, 3.8) is 0 Å². The quantitative estimate of drug-likeness (QED) is 0.521. The van der Waals surface area contributed by atoms with Crippen LogP contribution in [-0.2, 0) is 11.2 Å². The Morgan fingerprint density at radius 2 is 2.06 bits per heavy atom. The van der Waals surface area contributed by atoms with Crippen molar-refractivity contribution in [1.29, 1.82) is 0 Å². The van der Waals surface area contributed by atoms with Crippen LogP contribution >= 0.6 is 0 Å². The molecule has 16 heavy (non-hydrogen) atoms. The summed E-state index contributed by atoms with van der Waals surface area (Å²) in [5.41, 5.74) is 2.01. The number of benzene rings is 1. The summed E-state index contributed by atoms with van der Waals surface area (Å²) in [4.78, 5) is 11.8. The summed E-state index contributed by atoms with van der Waals surface area (Å²) in [7, 11) is 0. The van der Waals surface area contributed by atoms with Gasteiger partial charge < -0.3 is 4.74 Å². The third kappa shape index (κ3) is 4.15. The highest BCUT2D eigenvalue weighted by molar-refractivity contribution is 5.96. The third-order valence-electron chi connectivity index (χ3n) is 2.48. The molecule has 0 aromatic heterocycles. The van der Waals surface area contributed by atoms with E-state index in [2.05, 4.69) is 13.8 Å². The molecule has 0 aliphatic rings. The SMILES string of the molecule is CCCOCCC(=O)c1cccc(CC)c1. The van der Waals surface area contributed by atoms with Gasteiger partial charge in [-0.2, -0.15) is 0 Å². The average Bonchev–Trinajstić information content (AvgIpc) is 2.34. The van der Waals surface area contributed by atoms with Crippen molar-refractivity contribution in [2.75, 3.05) is 13.2 Å². The number of ether oxygens (including phenoxy) is 1. The van der Waals surface area contributed by atoms with Crippen LogP contribution in [0, 0.1) is 0 Å². The molecule has 1 aromatic carbocycles. The summed E-state index contributed by atoms with van der Waals surface area (Å²) in [6.07, 6.45) is 2.44. The molecule has 0 fully saturated rings. The molecular formula is C14H20O2. The van der Waals surface area contributed by atoms with Gasteiger partial charge in [-0.15, -0.1) is 0 Å². The van der Waals surface area contributed by atoms with Crippen LogP contribution in [0.1, 0.15) is 42.6 Å². The maximum atomic E-state index is 11.8. The third-order valence-corrected chi connectivity index (χ3v) is 2.48. The Morgan fingerprint density at radius 1 is 1.25 bits per heavy atom. The van der Waals surface area contributed by atoms with E-state index in [1.54, 1.807) is 0 Å². The van der Waals surface area contributed by atoms with Gasteiger partial charge in [-0.3, -0.25) is 4.79 Å². The van der Waals surface area contributed by atoms with Crippen molar-refractivity contribution in [3.8, 4) is 0 Å². The van der Waals surface area contributed by atoms with Crippen LogP contribution in [0.5, 0.6) is 0 Å². The summed E-state index contributed by atoms with van der Waals surface area (Å²) >= 11 is 0. The predicted octanol–water partition coefficient (Wildman–Crippen LogP) is 3.25. The number of carbonyl (C=O) groups excluding carboxylic acids is 1. The highest BCUT2D eigenvalue weighted by atomic mass is 16.5. The van der Waals surface area contributed by atoms with Crippen LogP contribution in [0.25, 0.3) is 0 Å². The first-order chi connectivity index (χ1) is 7.77. The van der Waals surface area contributed by atoms with Crippen molar-refractivity contribution < 1.29 is 9.53 Å².